The van der Waals surface area contributed by atoms with Crippen LogP contribution in [-0.4, -0.2) is 5.11 Å². The van der Waals surface area contributed by atoms with Gasteiger partial charge in [0.15, 0.2) is 0 Å². The molecule has 4 aromatic carbocycles. The molecule has 0 amide bonds. The first-order valence-corrected chi connectivity index (χ1v) is 21.0. The van der Waals surface area contributed by atoms with Crippen molar-refractivity contribution in [2.45, 2.75) is 165 Å². The highest BCUT2D eigenvalue weighted by atomic mass is 31.2. The first-order chi connectivity index (χ1) is 24.8. The number of fused-ring (bicyclic) bond motifs is 2. The van der Waals surface area contributed by atoms with Gasteiger partial charge < -0.3 is 18.7 Å². The predicted molar refractivity (Wildman–Crippen MR) is 230 cm³/mol. The maximum atomic E-state index is 11.7. The summed E-state index contributed by atoms with van der Waals surface area (Å²) in [4.78, 5) is 0. The molecule has 0 bridgehead atoms. The van der Waals surface area contributed by atoms with E-state index in [1.54, 1.807) is 0 Å². The molecule has 1 aliphatic rings. The summed E-state index contributed by atoms with van der Waals surface area (Å²) < 4.78 is 21.8. The van der Waals surface area contributed by atoms with Crippen molar-refractivity contribution in [3.63, 3.8) is 0 Å². The minimum Gasteiger partial charge on any atom is -0.507 e. The second-order valence-electron chi connectivity index (χ2n) is 20.1. The number of rotatable bonds is 6. The molecular weight excluding hydrogens is 684 g/mol. The van der Waals surface area contributed by atoms with Crippen LogP contribution in [0.1, 0.15) is 176 Å². The van der Waals surface area contributed by atoms with Crippen LogP contribution >= 0.6 is 8.60 Å². The van der Waals surface area contributed by atoms with Crippen molar-refractivity contribution in [3.8, 4) is 23.0 Å². The minimum absolute atomic E-state index is 0.0977. The molecule has 1 heterocycles. The molecule has 0 radical (unpaired) electrons. The highest BCUT2D eigenvalue weighted by molar-refractivity contribution is 7.43. The summed E-state index contributed by atoms with van der Waals surface area (Å²) in [5.74, 6) is 2.96. The first kappa shape index (κ1) is 41.7. The topological polar surface area (TPSA) is 47.9 Å². The fourth-order valence-electron chi connectivity index (χ4n) is 7.89. The standard InChI is InChI=1S/C49H67O4P/c1-18-19-35-36-22-31(4)26-40(48(12,13)14)44(36)52-54(53-45-37(35)23-32(5)27-41(45)49(15,16)17)51-43-34(21-30(3)25-39(43)47(9,10)11)28-33-20-29(2)24-38(42(33)50)46(6,7)8/h20-27,35,50H,18-19,28H2,1-17H3. The van der Waals surface area contributed by atoms with Gasteiger partial charge in [-0.15, -0.1) is 0 Å². The number of aryl methyl sites for hydroxylation is 4. The summed E-state index contributed by atoms with van der Waals surface area (Å²) >= 11 is 0. The van der Waals surface area contributed by atoms with Crippen LogP contribution in [0.25, 0.3) is 0 Å². The van der Waals surface area contributed by atoms with Crippen LogP contribution in [0.4, 0.5) is 0 Å². The van der Waals surface area contributed by atoms with Crippen LogP contribution in [0.15, 0.2) is 48.5 Å². The van der Waals surface area contributed by atoms with Crippen molar-refractivity contribution in [2.75, 3.05) is 0 Å². The van der Waals surface area contributed by atoms with Crippen molar-refractivity contribution >= 4 is 8.60 Å². The van der Waals surface area contributed by atoms with Gasteiger partial charge in [-0.2, -0.15) is 0 Å². The molecule has 0 aromatic heterocycles. The van der Waals surface area contributed by atoms with E-state index in [0.29, 0.717) is 12.2 Å². The van der Waals surface area contributed by atoms with E-state index in [4.69, 9.17) is 13.6 Å². The number of hydrogen-bond acceptors (Lipinski definition) is 4. The van der Waals surface area contributed by atoms with E-state index in [9.17, 15) is 5.11 Å². The number of aromatic hydroxyl groups is 1. The zero-order chi connectivity index (χ0) is 40.3. The van der Waals surface area contributed by atoms with Crippen LogP contribution < -0.4 is 13.6 Å². The number of phenolic OH excluding ortho intramolecular Hbond substituents is 1. The Morgan fingerprint density at radius 3 is 1.37 bits per heavy atom. The molecule has 5 heteroatoms. The monoisotopic (exact) mass is 750 g/mol. The van der Waals surface area contributed by atoms with Gasteiger partial charge in [0.25, 0.3) is 0 Å². The summed E-state index contributed by atoms with van der Waals surface area (Å²) in [5.41, 5.74) is 12.5. The molecular formula is C49H67O4P. The summed E-state index contributed by atoms with van der Waals surface area (Å²) in [6, 6.07) is 17.9. The molecule has 54 heavy (non-hydrogen) atoms. The first-order valence-electron chi connectivity index (χ1n) is 19.9. The van der Waals surface area contributed by atoms with Crippen molar-refractivity contribution in [2.24, 2.45) is 0 Å². The van der Waals surface area contributed by atoms with E-state index in [-0.39, 0.29) is 27.6 Å². The van der Waals surface area contributed by atoms with Gasteiger partial charge in [-0.3, -0.25) is 0 Å². The summed E-state index contributed by atoms with van der Waals surface area (Å²) in [6.07, 6.45) is 2.50. The molecule has 0 atom stereocenters. The molecule has 0 aliphatic carbocycles. The van der Waals surface area contributed by atoms with Gasteiger partial charge in [0.1, 0.15) is 23.0 Å². The lowest BCUT2D eigenvalue weighted by molar-refractivity contribution is 0.359. The Hall–Kier alpha value is -3.49. The molecule has 0 saturated heterocycles. The van der Waals surface area contributed by atoms with E-state index in [2.05, 4.69) is 166 Å². The van der Waals surface area contributed by atoms with Crippen molar-refractivity contribution in [1.82, 2.24) is 0 Å². The largest absolute Gasteiger partial charge is 0.530 e. The molecule has 4 nitrogen and oxygen atoms in total. The Balaban J connectivity index is 1.81. The molecule has 5 rings (SSSR count). The zero-order valence-corrected chi connectivity index (χ0v) is 37.3. The Labute approximate surface area is 329 Å². The van der Waals surface area contributed by atoms with E-state index >= 15 is 0 Å². The van der Waals surface area contributed by atoms with Gasteiger partial charge in [-0.25, -0.2) is 0 Å². The normalized spacial score (nSPS) is 16.5. The molecule has 0 spiro atoms. The third-order valence-electron chi connectivity index (χ3n) is 10.6. The lowest BCUT2D eigenvalue weighted by atomic mass is 9.77. The molecule has 1 aliphatic heterocycles. The third kappa shape index (κ3) is 8.81. The second kappa shape index (κ2) is 14.9. The van der Waals surface area contributed by atoms with E-state index in [1.807, 2.05) is 0 Å². The second-order valence-corrected chi connectivity index (χ2v) is 21.1. The third-order valence-corrected chi connectivity index (χ3v) is 11.6. The van der Waals surface area contributed by atoms with Gasteiger partial charge in [-0.05, 0) is 72.5 Å². The zero-order valence-electron chi connectivity index (χ0n) is 36.4. The molecule has 0 unspecified atom stereocenters. The highest BCUT2D eigenvalue weighted by Gasteiger charge is 2.38. The molecule has 1 N–H and O–H groups in total. The van der Waals surface area contributed by atoms with Gasteiger partial charge in [0, 0.05) is 40.2 Å². The van der Waals surface area contributed by atoms with Gasteiger partial charge in [-0.1, -0.05) is 167 Å². The van der Waals surface area contributed by atoms with Crippen LogP contribution in [0, 0.1) is 27.7 Å². The SMILES string of the molecule is CCCC1c2cc(C)cc(C(C)(C)C)c2OP(Oc2c(Cc3cc(C)cc(C(C)(C)C)c3O)cc(C)cc2C(C)(C)C)Oc2c1cc(C)cc2C(C)(C)C. The molecule has 4 aromatic rings. The van der Waals surface area contributed by atoms with Crippen LogP contribution in [0.5, 0.6) is 23.0 Å². The fourth-order valence-corrected chi connectivity index (χ4v) is 9.08. The van der Waals surface area contributed by atoms with E-state index < -0.39 is 8.60 Å². The van der Waals surface area contributed by atoms with Crippen molar-refractivity contribution in [3.05, 3.63) is 115 Å². The van der Waals surface area contributed by atoms with Crippen molar-refractivity contribution in [1.29, 1.82) is 0 Å². The van der Waals surface area contributed by atoms with Gasteiger partial charge >= 0.3 is 8.60 Å². The summed E-state index contributed by atoms with van der Waals surface area (Å²) in [7, 11) is -2.00. The fraction of sp³-hybridized carbons (Fsp3) is 0.510. The molecule has 0 saturated carbocycles. The van der Waals surface area contributed by atoms with Crippen LogP contribution in [0.2, 0.25) is 0 Å². The van der Waals surface area contributed by atoms with E-state index in [0.717, 1.165) is 74.6 Å². The molecule has 292 valence electrons. The maximum absolute atomic E-state index is 11.7. The van der Waals surface area contributed by atoms with Gasteiger partial charge in [0.2, 0.25) is 0 Å². The predicted octanol–water partition coefficient (Wildman–Crippen LogP) is 14.4. The van der Waals surface area contributed by atoms with Crippen molar-refractivity contribution < 1.29 is 18.7 Å². The Bertz CT molecular complexity index is 1950. The summed E-state index contributed by atoms with van der Waals surface area (Å²) in [6.45, 7) is 37.6. The number of phenols is 1. The average Bonchev–Trinajstić information content (AvgIpc) is 3.01. The Morgan fingerprint density at radius 1 is 0.556 bits per heavy atom. The van der Waals surface area contributed by atoms with Crippen LogP contribution in [0.3, 0.4) is 0 Å². The summed E-state index contributed by atoms with van der Waals surface area (Å²) in [5, 5.41) is 11.7. The number of hydrogen-bond donors (Lipinski definition) is 1. The highest BCUT2D eigenvalue weighted by Crippen LogP contribution is 2.57. The minimum atomic E-state index is -2.00. The maximum Gasteiger partial charge on any atom is 0.530 e. The van der Waals surface area contributed by atoms with Crippen LogP contribution in [-0.2, 0) is 28.1 Å². The smallest absolute Gasteiger partial charge is 0.507 e. The lowest BCUT2D eigenvalue weighted by Crippen LogP contribution is -2.22. The average molecular weight is 751 g/mol. The quantitative estimate of drug-likeness (QED) is 0.199. The Morgan fingerprint density at radius 2 is 0.944 bits per heavy atom. The Kier molecular flexibility index (Phi) is 11.5. The van der Waals surface area contributed by atoms with Gasteiger partial charge in [0.05, 0.1) is 0 Å². The lowest BCUT2D eigenvalue weighted by Gasteiger charge is -2.36. The number of benzene rings is 4. The van der Waals surface area contributed by atoms with E-state index in [1.165, 1.54) is 22.3 Å². The molecule has 0 fully saturated rings.